The van der Waals surface area contributed by atoms with Gasteiger partial charge in [-0.2, -0.15) is 0 Å². The standard InChI is InChI=1S/C33H60O5/c1-3-5-7-9-11-12-13-14-15-16-17-18-19-20-22-24-26-28-33(36)38-31(29-34)30-37-32(35)27-25-23-21-10-8-6-4-2/h11-12,14-15,31,34H,3-10,13,16-30H2,1-2H3/b12-11+,15-14+/t31-/m0/s1. The van der Waals surface area contributed by atoms with Gasteiger partial charge in [-0.1, -0.05) is 122 Å². The Morgan fingerprint density at radius 3 is 1.61 bits per heavy atom. The highest BCUT2D eigenvalue weighted by Gasteiger charge is 2.16. The van der Waals surface area contributed by atoms with E-state index in [4.69, 9.17) is 9.47 Å². The Morgan fingerprint density at radius 2 is 1.05 bits per heavy atom. The van der Waals surface area contributed by atoms with Crippen molar-refractivity contribution in [2.24, 2.45) is 0 Å². The largest absolute Gasteiger partial charge is 0.462 e. The van der Waals surface area contributed by atoms with Crippen molar-refractivity contribution < 1.29 is 24.2 Å². The van der Waals surface area contributed by atoms with Crippen LogP contribution in [0, 0.1) is 0 Å². The van der Waals surface area contributed by atoms with Gasteiger partial charge in [-0.25, -0.2) is 0 Å². The molecular formula is C33H60O5. The summed E-state index contributed by atoms with van der Waals surface area (Å²) in [6, 6.07) is 0. The normalized spacial score (nSPS) is 12.4. The van der Waals surface area contributed by atoms with Gasteiger partial charge in [-0.05, 0) is 44.9 Å². The van der Waals surface area contributed by atoms with E-state index < -0.39 is 6.10 Å². The first kappa shape index (κ1) is 36.4. The molecule has 0 spiro atoms. The lowest BCUT2D eigenvalue weighted by Gasteiger charge is -2.15. The molecule has 1 N–H and O–H groups in total. The number of carbonyl (C=O) groups is 2. The zero-order valence-corrected chi connectivity index (χ0v) is 24.9. The van der Waals surface area contributed by atoms with Gasteiger partial charge in [-0.15, -0.1) is 0 Å². The third kappa shape index (κ3) is 27.4. The maximum absolute atomic E-state index is 12.1. The van der Waals surface area contributed by atoms with Crippen LogP contribution in [0.15, 0.2) is 24.3 Å². The van der Waals surface area contributed by atoms with Crippen LogP contribution in [0.3, 0.4) is 0 Å². The average Bonchev–Trinajstić information content (AvgIpc) is 2.92. The van der Waals surface area contributed by atoms with Crippen molar-refractivity contribution in [2.75, 3.05) is 13.2 Å². The number of rotatable bonds is 28. The van der Waals surface area contributed by atoms with Crippen LogP contribution >= 0.6 is 0 Å². The van der Waals surface area contributed by atoms with Crippen molar-refractivity contribution in [1.82, 2.24) is 0 Å². The summed E-state index contributed by atoms with van der Waals surface area (Å²) in [5.74, 6) is -0.607. The number of aliphatic hydroxyl groups excluding tert-OH is 1. The van der Waals surface area contributed by atoms with Gasteiger partial charge in [0.15, 0.2) is 6.10 Å². The molecule has 0 fully saturated rings. The van der Waals surface area contributed by atoms with Gasteiger partial charge in [0.05, 0.1) is 6.61 Å². The Labute approximate surface area is 234 Å². The van der Waals surface area contributed by atoms with Gasteiger partial charge in [0.1, 0.15) is 6.61 Å². The van der Waals surface area contributed by atoms with Crippen molar-refractivity contribution in [3.05, 3.63) is 24.3 Å². The summed E-state index contributed by atoms with van der Waals surface area (Å²) >= 11 is 0. The molecule has 0 saturated heterocycles. The zero-order chi connectivity index (χ0) is 27.9. The number of ether oxygens (including phenoxy) is 2. The number of esters is 2. The first-order valence-corrected chi connectivity index (χ1v) is 15.9. The van der Waals surface area contributed by atoms with Gasteiger partial charge in [0.2, 0.25) is 0 Å². The SMILES string of the molecule is CCCCC/C=C/C/C=C/CCCCCCCCCC(=O)O[C@@H](CO)COC(=O)CCCCCCCCC. The van der Waals surface area contributed by atoms with Crippen molar-refractivity contribution in [3.8, 4) is 0 Å². The molecular weight excluding hydrogens is 476 g/mol. The summed E-state index contributed by atoms with van der Waals surface area (Å²) in [6.07, 6.45) is 32.4. The Bertz CT molecular complexity index is 584. The molecule has 5 heteroatoms. The molecule has 0 aliphatic heterocycles. The van der Waals surface area contributed by atoms with Crippen molar-refractivity contribution in [2.45, 2.75) is 161 Å². The summed E-state index contributed by atoms with van der Waals surface area (Å²) in [6.45, 7) is 4.04. The number of carbonyl (C=O) groups excluding carboxylic acids is 2. The van der Waals surface area contributed by atoms with Crippen LogP contribution < -0.4 is 0 Å². The number of aliphatic hydroxyl groups is 1. The minimum absolute atomic E-state index is 0.0670. The molecule has 0 aliphatic rings. The average molecular weight is 537 g/mol. The molecule has 0 bridgehead atoms. The van der Waals surface area contributed by atoms with E-state index in [1.54, 1.807) is 0 Å². The van der Waals surface area contributed by atoms with E-state index in [0.717, 1.165) is 51.4 Å². The summed E-state index contributed by atoms with van der Waals surface area (Å²) in [5, 5.41) is 9.45. The van der Waals surface area contributed by atoms with Crippen molar-refractivity contribution in [3.63, 3.8) is 0 Å². The maximum Gasteiger partial charge on any atom is 0.306 e. The summed E-state index contributed by atoms with van der Waals surface area (Å²) in [4.78, 5) is 23.9. The molecule has 0 saturated carbocycles. The third-order valence-electron chi connectivity index (χ3n) is 6.75. The monoisotopic (exact) mass is 536 g/mol. The smallest absolute Gasteiger partial charge is 0.306 e. The van der Waals surface area contributed by atoms with Crippen LogP contribution in [0.4, 0.5) is 0 Å². The second kappa shape index (κ2) is 29.9. The van der Waals surface area contributed by atoms with E-state index in [0.29, 0.717) is 12.8 Å². The molecule has 0 aromatic carbocycles. The molecule has 0 rings (SSSR count). The molecule has 0 unspecified atom stereocenters. The molecule has 0 heterocycles. The van der Waals surface area contributed by atoms with Gasteiger partial charge < -0.3 is 14.6 Å². The Hall–Kier alpha value is -1.62. The minimum atomic E-state index is -0.767. The van der Waals surface area contributed by atoms with E-state index in [9.17, 15) is 14.7 Å². The highest BCUT2D eigenvalue weighted by Crippen LogP contribution is 2.12. The summed E-state index contributed by atoms with van der Waals surface area (Å²) < 4.78 is 10.5. The first-order valence-electron chi connectivity index (χ1n) is 15.9. The highest BCUT2D eigenvalue weighted by atomic mass is 16.6. The summed E-state index contributed by atoms with van der Waals surface area (Å²) in [5.41, 5.74) is 0. The second-order valence-electron chi connectivity index (χ2n) is 10.5. The molecule has 0 aliphatic carbocycles. The summed E-state index contributed by atoms with van der Waals surface area (Å²) in [7, 11) is 0. The van der Waals surface area contributed by atoms with Gasteiger partial charge >= 0.3 is 11.9 Å². The molecule has 5 nitrogen and oxygen atoms in total. The van der Waals surface area contributed by atoms with E-state index in [-0.39, 0.29) is 25.2 Å². The third-order valence-corrected chi connectivity index (χ3v) is 6.75. The van der Waals surface area contributed by atoms with Crippen molar-refractivity contribution >= 4 is 11.9 Å². The number of unbranched alkanes of at least 4 members (excludes halogenated alkanes) is 16. The molecule has 0 radical (unpaired) electrons. The fraction of sp³-hybridized carbons (Fsp3) is 0.818. The highest BCUT2D eigenvalue weighted by molar-refractivity contribution is 5.70. The molecule has 0 aromatic heterocycles. The predicted octanol–water partition coefficient (Wildman–Crippen LogP) is 9.17. The van der Waals surface area contributed by atoms with Crippen LogP contribution in [0.5, 0.6) is 0 Å². The zero-order valence-electron chi connectivity index (χ0n) is 24.9. The fourth-order valence-corrected chi connectivity index (χ4v) is 4.29. The molecule has 1 atom stereocenters. The first-order chi connectivity index (χ1) is 18.6. The molecule has 222 valence electrons. The number of hydrogen-bond donors (Lipinski definition) is 1. The van der Waals surface area contributed by atoms with Crippen molar-refractivity contribution in [1.29, 1.82) is 0 Å². The lowest BCUT2D eigenvalue weighted by molar-refractivity contribution is -0.161. The van der Waals surface area contributed by atoms with Crippen LogP contribution in [-0.2, 0) is 19.1 Å². The predicted molar refractivity (Wildman–Crippen MR) is 159 cm³/mol. The van der Waals surface area contributed by atoms with Crippen LogP contribution in [-0.4, -0.2) is 36.4 Å². The van der Waals surface area contributed by atoms with Gasteiger partial charge in [0.25, 0.3) is 0 Å². The molecule has 0 aromatic rings. The second-order valence-corrected chi connectivity index (χ2v) is 10.5. The molecule has 38 heavy (non-hydrogen) atoms. The van der Waals surface area contributed by atoms with E-state index >= 15 is 0 Å². The van der Waals surface area contributed by atoms with Crippen LogP contribution in [0.2, 0.25) is 0 Å². The van der Waals surface area contributed by atoms with E-state index in [1.807, 2.05) is 0 Å². The Balaban J connectivity index is 3.58. The minimum Gasteiger partial charge on any atom is -0.462 e. The fourth-order valence-electron chi connectivity index (χ4n) is 4.29. The topological polar surface area (TPSA) is 72.8 Å². The number of allylic oxidation sites excluding steroid dienone is 4. The van der Waals surface area contributed by atoms with Gasteiger partial charge in [-0.3, -0.25) is 9.59 Å². The van der Waals surface area contributed by atoms with Crippen LogP contribution in [0.25, 0.3) is 0 Å². The van der Waals surface area contributed by atoms with Gasteiger partial charge in [0, 0.05) is 12.8 Å². The lowest BCUT2D eigenvalue weighted by atomic mass is 10.1. The quantitative estimate of drug-likeness (QED) is 0.0613. The van der Waals surface area contributed by atoms with E-state index in [2.05, 4.69) is 38.2 Å². The van der Waals surface area contributed by atoms with E-state index in [1.165, 1.54) is 77.0 Å². The maximum atomic E-state index is 12.1. The number of hydrogen-bond acceptors (Lipinski definition) is 5. The Morgan fingerprint density at radius 1 is 0.605 bits per heavy atom. The van der Waals surface area contributed by atoms with Crippen LogP contribution in [0.1, 0.15) is 155 Å². The molecule has 0 amide bonds. The lowest BCUT2D eigenvalue weighted by Crippen LogP contribution is -2.28. The Kier molecular flexibility index (Phi) is 28.7.